The number of carbonyl (C=O) groups excluding carboxylic acids is 2. The molecule has 5 heteroatoms. The molecule has 0 fully saturated rings. The highest BCUT2D eigenvalue weighted by molar-refractivity contribution is 6.33. The molecule has 0 aliphatic carbocycles. The number of rotatable bonds is 7. The lowest BCUT2D eigenvalue weighted by atomic mass is 10.2. The predicted molar refractivity (Wildman–Crippen MR) is 73.2 cm³/mol. The molecule has 0 spiro atoms. The maximum absolute atomic E-state index is 11.0. The van der Waals surface area contributed by atoms with Crippen molar-refractivity contribution >= 4 is 29.5 Å². The van der Waals surface area contributed by atoms with Crippen LogP contribution in [-0.4, -0.2) is 25.3 Å². The predicted octanol–water partition coefficient (Wildman–Crippen LogP) is 2.24. The van der Waals surface area contributed by atoms with Crippen molar-refractivity contribution < 1.29 is 9.59 Å². The summed E-state index contributed by atoms with van der Waals surface area (Å²) in [6.45, 7) is 2.96. The molecule has 0 unspecified atom stereocenters. The molecule has 1 amide bonds. The summed E-state index contributed by atoms with van der Waals surface area (Å²) in [6.07, 6.45) is 2.69. The van der Waals surface area contributed by atoms with Crippen LogP contribution in [0.5, 0.6) is 0 Å². The molecule has 1 rings (SSSR count). The highest BCUT2D eigenvalue weighted by Gasteiger charge is 2.10. The van der Waals surface area contributed by atoms with Gasteiger partial charge >= 0.3 is 0 Å². The Bertz CT molecular complexity index is 435. The van der Waals surface area contributed by atoms with Crippen LogP contribution in [0.25, 0.3) is 0 Å². The van der Waals surface area contributed by atoms with Crippen molar-refractivity contribution in [2.24, 2.45) is 5.73 Å². The lowest BCUT2D eigenvalue weighted by molar-refractivity contribution is -0.116. The fourth-order valence-electron chi connectivity index (χ4n) is 1.64. The zero-order chi connectivity index (χ0) is 13.5. The number of benzene rings is 1. The third-order valence-corrected chi connectivity index (χ3v) is 2.93. The Morgan fingerprint density at radius 3 is 2.72 bits per heavy atom. The summed E-state index contributed by atoms with van der Waals surface area (Å²) in [5, 5.41) is 0.383. The average Bonchev–Trinajstić information content (AvgIpc) is 2.34. The Labute approximate surface area is 112 Å². The number of primary amides is 1. The molecule has 0 aliphatic rings. The highest BCUT2D eigenvalue weighted by Crippen LogP contribution is 2.23. The van der Waals surface area contributed by atoms with Crippen molar-refractivity contribution in [1.82, 2.24) is 0 Å². The van der Waals surface area contributed by atoms with Gasteiger partial charge in [0.25, 0.3) is 0 Å². The molecule has 98 valence electrons. The number of aldehydes is 1. The zero-order valence-electron chi connectivity index (χ0n) is 10.4. The summed E-state index contributed by atoms with van der Waals surface area (Å²) in [7, 11) is 0. The van der Waals surface area contributed by atoms with Crippen LogP contribution in [0.4, 0.5) is 5.69 Å². The summed E-state index contributed by atoms with van der Waals surface area (Å²) < 4.78 is 0. The van der Waals surface area contributed by atoms with Crippen LogP contribution < -0.4 is 10.6 Å². The molecule has 4 nitrogen and oxygen atoms in total. The third-order valence-electron chi connectivity index (χ3n) is 2.60. The number of unbranched alkanes of at least 4 members (excludes halogenated alkanes) is 1. The molecule has 0 aliphatic heterocycles. The number of amides is 1. The van der Waals surface area contributed by atoms with Crippen LogP contribution in [0.15, 0.2) is 18.2 Å². The first-order chi connectivity index (χ1) is 8.58. The van der Waals surface area contributed by atoms with Gasteiger partial charge in [-0.25, -0.2) is 0 Å². The second kappa shape index (κ2) is 7.01. The van der Waals surface area contributed by atoms with Crippen LogP contribution in [0.3, 0.4) is 0 Å². The van der Waals surface area contributed by atoms with Crippen LogP contribution in [0, 0.1) is 0 Å². The molecule has 0 atom stereocenters. The van der Waals surface area contributed by atoms with Gasteiger partial charge in [-0.05, 0) is 24.6 Å². The smallest absolute Gasteiger partial charge is 0.236 e. The van der Waals surface area contributed by atoms with Gasteiger partial charge in [0, 0.05) is 17.8 Å². The molecule has 0 aromatic heterocycles. The van der Waals surface area contributed by atoms with Crippen molar-refractivity contribution in [2.75, 3.05) is 18.0 Å². The van der Waals surface area contributed by atoms with Crippen molar-refractivity contribution in [2.45, 2.75) is 19.8 Å². The van der Waals surface area contributed by atoms with Crippen molar-refractivity contribution in [3.05, 3.63) is 28.8 Å². The SMILES string of the molecule is CCCCN(CC(N)=O)c1ccc(C=O)c(Cl)c1. The van der Waals surface area contributed by atoms with E-state index in [0.717, 1.165) is 25.1 Å². The maximum Gasteiger partial charge on any atom is 0.236 e. The van der Waals surface area contributed by atoms with E-state index < -0.39 is 0 Å². The molecule has 0 saturated heterocycles. The largest absolute Gasteiger partial charge is 0.368 e. The number of nitrogens with zero attached hydrogens (tertiary/aromatic N) is 1. The minimum Gasteiger partial charge on any atom is -0.368 e. The number of anilines is 1. The molecule has 18 heavy (non-hydrogen) atoms. The Kier molecular flexibility index (Phi) is 5.65. The van der Waals surface area contributed by atoms with Gasteiger partial charge in [-0.1, -0.05) is 24.9 Å². The summed E-state index contributed by atoms with van der Waals surface area (Å²) in [4.78, 5) is 23.6. The van der Waals surface area contributed by atoms with Crippen LogP contribution in [0.1, 0.15) is 30.1 Å². The molecule has 0 radical (unpaired) electrons. The fourth-order valence-corrected chi connectivity index (χ4v) is 1.86. The second-order valence-corrected chi connectivity index (χ2v) is 4.47. The number of halogens is 1. The summed E-state index contributed by atoms with van der Waals surface area (Å²) in [5.41, 5.74) is 6.47. The highest BCUT2D eigenvalue weighted by atomic mass is 35.5. The van der Waals surface area contributed by atoms with E-state index in [1.807, 2.05) is 4.90 Å². The van der Waals surface area contributed by atoms with Crippen LogP contribution >= 0.6 is 11.6 Å². The lowest BCUT2D eigenvalue weighted by Crippen LogP contribution is -2.34. The molecule has 0 saturated carbocycles. The van der Waals surface area contributed by atoms with Gasteiger partial charge in [-0.3, -0.25) is 9.59 Å². The first-order valence-electron chi connectivity index (χ1n) is 5.86. The molecule has 0 heterocycles. The first-order valence-corrected chi connectivity index (χ1v) is 6.24. The first kappa shape index (κ1) is 14.5. The Morgan fingerprint density at radius 1 is 1.50 bits per heavy atom. The van der Waals surface area contributed by atoms with Crippen molar-refractivity contribution in [3.63, 3.8) is 0 Å². The molecule has 0 bridgehead atoms. The normalized spacial score (nSPS) is 10.1. The lowest BCUT2D eigenvalue weighted by Gasteiger charge is -2.23. The van der Waals surface area contributed by atoms with Crippen LogP contribution in [0.2, 0.25) is 5.02 Å². The van der Waals surface area contributed by atoms with E-state index in [4.69, 9.17) is 17.3 Å². The van der Waals surface area contributed by atoms with Gasteiger partial charge in [-0.2, -0.15) is 0 Å². The topological polar surface area (TPSA) is 63.4 Å². The maximum atomic E-state index is 11.0. The quantitative estimate of drug-likeness (QED) is 0.772. The summed E-state index contributed by atoms with van der Waals surface area (Å²) in [6, 6.07) is 5.10. The van der Waals surface area contributed by atoms with Gasteiger partial charge in [0.05, 0.1) is 11.6 Å². The second-order valence-electron chi connectivity index (χ2n) is 4.07. The third kappa shape index (κ3) is 4.04. The van der Waals surface area contributed by atoms with Crippen molar-refractivity contribution in [1.29, 1.82) is 0 Å². The average molecular weight is 269 g/mol. The molecule has 2 N–H and O–H groups in total. The summed E-state index contributed by atoms with van der Waals surface area (Å²) in [5.74, 6) is -0.387. The molecule has 1 aromatic rings. The number of hydrogen-bond acceptors (Lipinski definition) is 3. The number of carbonyl (C=O) groups is 2. The van der Waals surface area contributed by atoms with E-state index in [1.165, 1.54) is 0 Å². The standard InChI is InChI=1S/C13H17ClN2O2/c1-2-3-6-16(8-13(15)18)11-5-4-10(9-17)12(14)7-11/h4-5,7,9H,2-3,6,8H2,1H3,(H2,15,18). The van der Waals surface area contributed by atoms with E-state index in [0.29, 0.717) is 16.9 Å². The van der Waals surface area contributed by atoms with E-state index in [1.54, 1.807) is 18.2 Å². The van der Waals surface area contributed by atoms with Gasteiger partial charge in [0.1, 0.15) is 0 Å². The van der Waals surface area contributed by atoms with Gasteiger partial charge in [0.2, 0.25) is 5.91 Å². The van der Waals surface area contributed by atoms with Gasteiger partial charge in [-0.15, -0.1) is 0 Å². The number of nitrogens with two attached hydrogens (primary N) is 1. The van der Waals surface area contributed by atoms with Crippen LogP contribution in [-0.2, 0) is 4.79 Å². The zero-order valence-corrected chi connectivity index (χ0v) is 11.1. The number of hydrogen-bond donors (Lipinski definition) is 1. The Balaban J connectivity index is 2.93. The van der Waals surface area contributed by atoms with Gasteiger partial charge < -0.3 is 10.6 Å². The monoisotopic (exact) mass is 268 g/mol. The van der Waals surface area contributed by atoms with Gasteiger partial charge in [0.15, 0.2) is 6.29 Å². The summed E-state index contributed by atoms with van der Waals surface area (Å²) >= 11 is 5.97. The molecular formula is C13H17ClN2O2. The minimum absolute atomic E-state index is 0.150. The van der Waals surface area contributed by atoms with E-state index in [-0.39, 0.29) is 12.5 Å². The van der Waals surface area contributed by atoms with Crippen molar-refractivity contribution in [3.8, 4) is 0 Å². The van der Waals surface area contributed by atoms with E-state index >= 15 is 0 Å². The minimum atomic E-state index is -0.387. The van der Waals surface area contributed by atoms with E-state index in [9.17, 15) is 9.59 Å². The Hall–Kier alpha value is -1.55. The fraction of sp³-hybridized carbons (Fsp3) is 0.385. The Morgan fingerprint density at radius 2 is 2.22 bits per heavy atom. The molecular weight excluding hydrogens is 252 g/mol. The van der Waals surface area contributed by atoms with E-state index in [2.05, 4.69) is 6.92 Å². The molecule has 1 aromatic carbocycles.